The lowest BCUT2D eigenvalue weighted by atomic mass is 10.00. The summed E-state index contributed by atoms with van der Waals surface area (Å²) in [5.74, 6) is -3.39. The number of hydrogen-bond donors (Lipinski definition) is 2. The van der Waals surface area contributed by atoms with Crippen LogP contribution >= 0.6 is 0 Å². The van der Waals surface area contributed by atoms with Crippen LogP contribution in [0.15, 0.2) is 47.4 Å². The smallest absolute Gasteiger partial charge is 0.320 e. The molecule has 8 nitrogen and oxygen atoms in total. The fourth-order valence-corrected chi connectivity index (χ4v) is 6.24. The van der Waals surface area contributed by atoms with Crippen LogP contribution in [0.1, 0.15) is 32.6 Å². The average Bonchev–Trinajstić information content (AvgIpc) is 3.21. The van der Waals surface area contributed by atoms with Gasteiger partial charge >= 0.3 is 5.97 Å². The van der Waals surface area contributed by atoms with Crippen molar-refractivity contribution in [3.8, 4) is 0 Å². The Bertz CT molecular complexity index is 1110. The van der Waals surface area contributed by atoms with Gasteiger partial charge in [0.25, 0.3) is 5.91 Å². The predicted molar refractivity (Wildman–Crippen MR) is 115 cm³/mol. The molecule has 1 amide bonds. The summed E-state index contributed by atoms with van der Waals surface area (Å²) in [6.45, 7) is 1.99. The molecule has 0 aliphatic carbocycles. The third-order valence-electron chi connectivity index (χ3n) is 5.77. The predicted octanol–water partition coefficient (Wildman–Crippen LogP) is 1.96. The minimum Gasteiger partial charge on any atom is -0.480 e. The molecule has 1 aliphatic heterocycles. The van der Waals surface area contributed by atoms with E-state index in [0.29, 0.717) is 19.4 Å². The first-order valence-corrected chi connectivity index (χ1v) is 11.7. The van der Waals surface area contributed by atoms with E-state index in [4.69, 9.17) is 5.73 Å². The van der Waals surface area contributed by atoms with Crippen LogP contribution in [0.5, 0.6) is 0 Å². The molecule has 0 aromatic heterocycles. The number of primary amides is 1. The summed E-state index contributed by atoms with van der Waals surface area (Å²) < 4.78 is 27.4. The van der Waals surface area contributed by atoms with Crippen LogP contribution in [0, 0.1) is 5.92 Å². The number of rotatable bonds is 9. The first-order chi connectivity index (χ1) is 14.6. The van der Waals surface area contributed by atoms with Gasteiger partial charge in [-0.3, -0.25) is 19.3 Å². The van der Waals surface area contributed by atoms with Crippen molar-refractivity contribution in [3.63, 3.8) is 0 Å². The van der Waals surface area contributed by atoms with E-state index in [1.165, 1.54) is 11.0 Å². The van der Waals surface area contributed by atoms with Gasteiger partial charge in [0.1, 0.15) is 11.4 Å². The monoisotopic (exact) mass is 446 g/mol. The van der Waals surface area contributed by atoms with E-state index in [1.54, 1.807) is 19.1 Å². The second-order valence-corrected chi connectivity index (χ2v) is 10.2. The first-order valence-electron chi connectivity index (χ1n) is 10.1. The van der Waals surface area contributed by atoms with E-state index in [0.717, 1.165) is 10.8 Å². The highest BCUT2D eigenvalue weighted by atomic mass is 32.2. The van der Waals surface area contributed by atoms with Crippen LogP contribution in [0.4, 0.5) is 0 Å². The Balaban J connectivity index is 1.99. The van der Waals surface area contributed by atoms with Gasteiger partial charge in [-0.2, -0.15) is 0 Å². The van der Waals surface area contributed by atoms with E-state index < -0.39 is 44.8 Å². The van der Waals surface area contributed by atoms with Crippen molar-refractivity contribution >= 4 is 38.3 Å². The zero-order valence-corrected chi connectivity index (χ0v) is 18.0. The van der Waals surface area contributed by atoms with Crippen molar-refractivity contribution in [1.29, 1.82) is 0 Å². The highest BCUT2D eigenvalue weighted by Gasteiger charge is 2.42. The standard InChI is InChI=1S/C22H26N2O6S/c1-14(11-19(25)21(23)26)12-20(24-10-4-7-18(24)22(27)28)31(29,30)17-9-8-15-5-2-3-6-16(15)13-17/h2-3,5-6,8-9,13-14,18,20H,4,7,10-12H2,1H3,(H2,23,26)(H,27,28). The second kappa shape index (κ2) is 9.15. The zero-order valence-electron chi connectivity index (χ0n) is 17.2. The van der Waals surface area contributed by atoms with Crippen LogP contribution < -0.4 is 5.73 Å². The lowest BCUT2D eigenvalue weighted by molar-refractivity contribution is -0.142. The van der Waals surface area contributed by atoms with Crippen LogP contribution in [-0.4, -0.2) is 54.0 Å². The molecule has 3 unspecified atom stereocenters. The molecule has 0 saturated carbocycles. The maximum absolute atomic E-state index is 13.7. The van der Waals surface area contributed by atoms with Gasteiger partial charge in [0.2, 0.25) is 5.78 Å². The molecule has 0 spiro atoms. The number of amides is 1. The third kappa shape index (κ3) is 4.94. The molecule has 1 aliphatic rings. The number of carbonyl (C=O) groups is 3. The first kappa shape index (κ1) is 22.9. The number of carboxylic acid groups (broad SMARTS) is 1. The number of likely N-dealkylation sites (tertiary alicyclic amines) is 1. The number of nitrogens with two attached hydrogens (primary N) is 1. The van der Waals surface area contributed by atoms with Gasteiger partial charge in [0, 0.05) is 13.0 Å². The molecule has 2 aromatic rings. The number of Topliss-reactive ketones (excluding diaryl/α,β-unsaturated/α-hetero) is 1. The van der Waals surface area contributed by atoms with E-state index in [9.17, 15) is 27.9 Å². The Hall–Kier alpha value is -2.78. The van der Waals surface area contributed by atoms with Crippen molar-refractivity contribution in [1.82, 2.24) is 4.90 Å². The Morgan fingerprint density at radius 3 is 2.48 bits per heavy atom. The summed E-state index contributed by atoms with van der Waals surface area (Å²) in [6.07, 6.45) is 0.742. The van der Waals surface area contributed by atoms with Crippen LogP contribution in [0.25, 0.3) is 10.8 Å². The number of fused-ring (bicyclic) bond motifs is 1. The van der Waals surface area contributed by atoms with Gasteiger partial charge in [0.05, 0.1) is 4.90 Å². The third-order valence-corrected chi connectivity index (χ3v) is 7.86. The molecule has 1 fully saturated rings. The Kier molecular flexibility index (Phi) is 6.76. The minimum atomic E-state index is -3.96. The normalized spacial score (nSPS) is 19.2. The second-order valence-electron chi connectivity index (χ2n) is 8.08. The number of benzene rings is 2. The molecule has 31 heavy (non-hydrogen) atoms. The SMILES string of the molecule is CC(CC(=O)C(N)=O)CC(N1CCCC1C(=O)O)S(=O)(=O)c1ccc2ccccc2c1. The summed E-state index contributed by atoms with van der Waals surface area (Å²) in [7, 11) is -3.96. The molecule has 166 valence electrons. The molecule has 3 rings (SSSR count). The summed E-state index contributed by atoms with van der Waals surface area (Å²) in [5.41, 5.74) is 5.03. The van der Waals surface area contributed by atoms with Crippen molar-refractivity contribution in [2.75, 3.05) is 6.54 Å². The van der Waals surface area contributed by atoms with Crippen LogP contribution in [0.3, 0.4) is 0 Å². The molecule has 9 heteroatoms. The summed E-state index contributed by atoms with van der Waals surface area (Å²) in [4.78, 5) is 36.2. The van der Waals surface area contributed by atoms with Crippen molar-refractivity contribution in [2.45, 2.75) is 48.9 Å². The molecule has 0 radical (unpaired) electrons. The topological polar surface area (TPSA) is 135 Å². The van der Waals surface area contributed by atoms with Crippen molar-refractivity contribution < 1.29 is 27.9 Å². The summed E-state index contributed by atoms with van der Waals surface area (Å²) in [6, 6.07) is 11.3. The molecular weight excluding hydrogens is 420 g/mol. The highest BCUT2D eigenvalue weighted by Crippen LogP contribution is 2.32. The molecular formula is C22H26N2O6S. The Morgan fingerprint density at radius 1 is 1.16 bits per heavy atom. The number of sulfone groups is 1. The van der Waals surface area contributed by atoms with Gasteiger partial charge in [-0.15, -0.1) is 0 Å². The van der Waals surface area contributed by atoms with Gasteiger partial charge in [-0.05, 0) is 48.1 Å². The fourth-order valence-electron chi connectivity index (χ4n) is 4.19. The molecule has 1 heterocycles. The quantitative estimate of drug-likeness (QED) is 0.562. The maximum Gasteiger partial charge on any atom is 0.320 e. The number of ketones is 1. The van der Waals surface area contributed by atoms with Crippen LogP contribution in [0.2, 0.25) is 0 Å². The number of aliphatic carboxylic acids is 1. The van der Waals surface area contributed by atoms with Crippen LogP contribution in [-0.2, 0) is 24.2 Å². The van der Waals surface area contributed by atoms with Gasteiger partial charge in [0.15, 0.2) is 9.84 Å². The summed E-state index contributed by atoms with van der Waals surface area (Å²) in [5, 5.41) is 10.1. The molecule has 0 bridgehead atoms. The van der Waals surface area contributed by atoms with E-state index in [2.05, 4.69) is 0 Å². The fraction of sp³-hybridized carbons (Fsp3) is 0.409. The lowest BCUT2D eigenvalue weighted by Gasteiger charge is -2.32. The minimum absolute atomic E-state index is 0.0119. The lowest BCUT2D eigenvalue weighted by Crippen LogP contribution is -2.48. The zero-order chi connectivity index (χ0) is 22.8. The summed E-state index contributed by atoms with van der Waals surface area (Å²) >= 11 is 0. The van der Waals surface area contributed by atoms with E-state index >= 15 is 0 Å². The van der Waals surface area contributed by atoms with Gasteiger partial charge in [-0.25, -0.2) is 8.42 Å². The number of nitrogens with zero attached hydrogens (tertiary/aromatic N) is 1. The largest absolute Gasteiger partial charge is 0.480 e. The number of carbonyl (C=O) groups excluding carboxylic acids is 2. The molecule has 1 saturated heterocycles. The van der Waals surface area contributed by atoms with Gasteiger partial charge in [-0.1, -0.05) is 37.3 Å². The van der Waals surface area contributed by atoms with Crippen molar-refractivity contribution in [3.05, 3.63) is 42.5 Å². The molecule has 2 aromatic carbocycles. The molecule has 3 N–H and O–H groups in total. The Morgan fingerprint density at radius 2 is 1.84 bits per heavy atom. The maximum atomic E-state index is 13.7. The van der Waals surface area contributed by atoms with Gasteiger partial charge < -0.3 is 10.8 Å². The van der Waals surface area contributed by atoms with E-state index in [1.807, 2.05) is 24.3 Å². The molecule has 3 atom stereocenters. The Labute approximate surface area is 180 Å². The van der Waals surface area contributed by atoms with Crippen molar-refractivity contribution in [2.24, 2.45) is 11.7 Å². The number of carboxylic acids is 1. The average molecular weight is 447 g/mol. The van der Waals surface area contributed by atoms with E-state index in [-0.39, 0.29) is 17.7 Å². The highest BCUT2D eigenvalue weighted by molar-refractivity contribution is 7.92. The number of hydrogen-bond acceptors (Lipinski definition) is 6.